The first-order valence-electron chi connectivity index (χ1n) is 5.37. The summed E-state index contributed by atoms with van der Waals surface area (Å²) in [5.74, 6) is -0.271. The maximum atomic E-state index is 11.8. The fraction of sp³-hybridized carbons (Fsp3) is 0.300. The van der Waals surface area contributed by atoms with E-state index in [-0.39, 0.29) is 18.2 Å². The van der Waals surface area contributed by atoms with Gasteiger partial charge in [0.15, 0.2) is 5.78 Å². The molecule has 0 bridgehead atoms. The number of carbonyl (C=O) groups excluding carboxylic acids is 1. The van der Waals surface area contributed by atoms with E-state index in [1.54, 1.807) is 24.3 Å². The van der Waals surface area contributed by atoms with E-state index < -0.39 is 13.0 Å². The normalized spacial score (nSPS) is 15.7. The molecule has 1 atom stereocenters. The van der Waals surface area contributed by atoms with Gasteiger partial charge in [0, 0.05) is 14.7 Å². The number of benzene rings is 1. The summed E-state index contributed by atoms with van der Waals surface area (Å²) in [6.45, 7) is -0.801. The minimum absolute atomic E-state index is 0. The van der Waals surface area contributed by atoms with E-state index in [0.29, 0.717) is 10.6 Å². The third-order valence-electron chi connectivity index (χ3n) is 1.74. The van der Waals surface area contributed by atoms with Gasteiger partial charge in [-0.15, -0.1) is 12.4 Å². The van der Waals surface area contributed by atoms with Gasteiger partial charge in [0.2, 0.25) is 0 Å². The van der Waals surface area contributed by atoms with Gasteiger partial charge in [-0.25, -0.2) is 0 Å². The Morgan fingerprint density at radius 2 is 2.07 bits per heavy atom. The molecule has 0 aliphatic rings. The van der Waals surface area contributed by atoms with Crippen LogP contribution in [0.4, 0.5) is 0 Å². The first kappa shape index (κ1) is 8.72. The minimum Gasteiger partial charge on any atom is -0.310 e. The van der Waals surface area contributed by atoms with Crippen LogP contribution in [-0.4, -0.2) is 18.8 Å². The van der Waals surface area contributed by atoms with E-state index >= 15 is 0 Å². The molecule has 0 fully saturated rings. The Kier molecular flexibility index (Phi) is 3.74. The summed E-state index contributed by atoms with van der Waals surface area (Å²) in [5, 5.41) is 2.78. The lowest BCUT2D eigenvalue weighted by molar-refractivity contribution is 0.0955. The third-order valence-corrected chi connectivity index (χ3v) is 1.99. The van der Waals surface area contributed by atoms with Crippen LogP contribution in [0.5, 0.6) is 0 Å². The summed E-state index contributed by atoms with van der Waals surface area (Å²) >= 11 is 5.69. The molecule has 1 aromatic rings. The van der Waals surface area contributed by atoms with Gasteiger partial charge >= 0.3 is 0 Å². The highest BCUT2D eigenvalue weighted by Gasteiger charge is 2.11. The summed E-state index contributed by atoms with van der Waals surface area (Å²) in [6, 6.07) is 5.58. The van der Waals surface area contributed by atoms with Crippen molar-refractivity contribution in [3.8, 4) is 0 Å². The third kappa shape index (κ3) is 3.29. The minimum atomic E-state index is -2.32. The number of hydrogen-bond acceptors (Lipinski definition) is 2. The van der Waals surface area contributed by atoms with Gasteiger partial charge in [-0.3, -0.25) is 4.79 Å². The van der Waals surface area contributed by atoms with Gasteiger partial charge < -0.3 is 5.32 Å². The van der Waals surface area contributed by atoms with Crippen molar-refractivity contribution >= 4 is 29.8 Å². The predicted octanol–water partition coefficient (Wildman–Crippen LogP) is 2.55. The van der Waals surface area contributed by atoms with Crippen LogP contribution in [0.25, 0.3) is 0 Å². The highest BCUT2D eigenvalue weighted by Crippen LogP contribution is 2.10. The summed E-state index contributed by atoms with van der Waals surface area (Å²) in [4.78, 5) is 11.8. The lowest BCUT2D eigenvalue weighted by Crippen LogP contribution is -2.30. The Hall–Kier alpha value is -0.570. The maximum Gasteiger partial charge on any atom is 0.179 e. The van der Waals surface area contributed by atoms with Crippen LogP contribution >= 0.6 is 24.0 Å². The van der Waals surface area contributed by atoms with E-state index in [1.165, 1.54) is 6.92 Å². The number of nitrogens with one attached hydrogen (secondary N) is 1. The van der Waals surface area contributed by atoms with Crippen LogP contribution in [0.1, 0.15) is 21.4 Å². The van der Waals surface area contributed by atoms with Crippen LogP contribution in [0.15, 0.2) is 24.3 Å². The number of Topliss-reactive ketones (excluding diaryl/α,β-unsaturated/α-hetero) is 1. The molecule has 1 rings (SSSR count). The molecule has 1 unspecified atom stereocenters. The Labute approximate surface area is 99.3 Å². The largest absolute Gasteiger partial charge is 0.310 e. The first-order valence-corrected chi connectivity index (χ1v) is 4.25. The Balaban J connectivity index is 0.00000256. The number of carbonyl (C=O) groups is 1. The van der Waals surface area contributed by atoms with Gasteiger partial charge in [0.05, 0.1) is 6.04 Å². The molecule has 0 saturated heterocycles. The van der Waals surface area contributed by atoms with Crippen molar-refractivity contribution in [3.05, 3.63) is 34.9 Å². The highest BCUT2D eigenvalue weighted by atomic mass is 35.5. The van der Waals surface area contributed by atoms with E-state index in [0.717, 1.165) is 0 Å². The zero-order valence-electron chi connectivity index (χ0n) is 10.6. The second-order valence-electron chi connectivity index (χ2n) is 2.74. The van der Waals surface area contributed by atoms with Crippen molar-refractivity contribution in [2.45, 2.75) is 13.0 Å². The molecule has 0 aromatic heterocycles. The molecule has 1 N–H and O–H groups in total. The van der Waals surface area contributed by atoms with E-state index in [1.807, 2.05) is 0 Å². The summed E-state index contributed by atoms with van der Waals surface area (Å²) in [6.07, 6.45) is 0. The lowest BCUT2D eigenvalue weighted by Gasteiger charge is -2.08. The highest BCUT2D eigenvalue weighted by molar-refractivity contribution is 6.30. The van der Waals surface area contributed by atoms with Gasteiger partial charge in [-0.1, -0.05) is 11.6 Å². The average Bonchev–Trinajstić information content (AvgIpc) is 2.15. The number of ketones is 1. The zero-order chi connectivity index (χ0) is 12.3. The van der Waals surface area contributed by atoms with Gasteiger partial charge in [-0.2, -0.15) is 0 Å². The van der Waals surface area contributed by atoms with Crippen LogP contribution in [0, 0.1) is 0 Å². The fourth-order valence-electron chi connectivity index (χ4n) is 0.930. The van der Waals surface area contributed by atoms with Crippen molar-refractivity contribution in [2.75, 3.05) is 6.98 Å². The Morgan fingerprint density at radius 1 is 1.50 bits per heavy atom. The van der Waals surface area contributed by atoms with Crippen molar-refractivity contribution in [2.24, 2.45) is 0 Å². The van der Waals surface area contributed by atoms with Crippen molar-refractivity contribution in [1.82, 2.24) is 5.32 Å². The van der Waals surface area contributed by atoms with Gasteiger partial charge in [-0.05, 0) is 38.2 Å². The molecule has 0 saturated carbocycles. The van der Waals surface area contributed by atoms with Gasteiger partial charge in [0.25, 0.3) is 0 Å². The predicted molar refractivity (Wildman–Crippen MR) is 61.6 cm³/mol. The van der Waals surface area contributed by atoms with Crippen molar-refractivity contribution in [1.29, 1.82) is 0 Å². The number of halogens is 2. The van der Waals surface area contributed by atoms with E-state index in [4.69, 9.17) is 15.7 Å². The van der Waals surface area contributed by atoms with Crippen molar-refractivity contribution in [3.63, 3.8) is 0 Å². The standard InChI is InChI=1S/C10H12ClNO.ClH/c1-7(12-2)10(13)8-3-5-9(11)6-4-8;/h3-7,12H,1-2H3;1H/i2D3;. The number of hydrogen-bond donors (Lipinski definition) is 1. The van der Waals surface area contributed by atoms with E-state index in [2.05, 4.69) is 5.32 Å². The first-order chi connectivity index (χ1) is 7.29. The molecule has 4 heteroatoms. The number of likely N-dealkylation sites (N-methyl/N-ethyl adjacent to an activating group) is 1. The van der Waals surface area contributed by atoms with E-state index in [9.17, 15) is 4.79 Å². The smallest absolute Gasteiger partial charge is 0.179 e. The summed E-state index contributed by atoms with van der Waals surface area (Å²) < 4.78 is 21.0. The Morgan fingerprint density at radius 3 is 2.57 bits per heavy atom. The zero-order valence-corrected chi connectivity index (χ0v) is 9.15. The van der Waals surface area contributed by atoms with Gasteiger partial charge in [0.1, 0.15) is 0 Å². The SMILES string of the molecule is Cl.[2H]C([2H])([2H])NC(C)C(=O)c1ccc(Cl)cc1. The summed E-state index contributed by atoms with van der Waals surface area (Å²) in [5.41, 5.74) is 0.439. The molecule has 0 aliphatic carbocycles. The molecule has 0 amide bonds. The topological polar surface area (TPSA) is 29.1 Å². The molecule has 0 heterocycles. The second-order valence-corrected chi connectivity index (χ2v) is 3.17. The average molecular weight is 237 g/mol. The molecule has 0 spiro atoms. The second kappa shape index (κ2) is 6.02. The molecule has 0 radical (unpaired) electrons. The molecular formula is C10H13Cl2NO. The maximum absolute atomic E-state index is 11.8. The quantitative estimate of drug-likeness (QED) is 0.818. The monoisotopic (exact) mass is 236 g/mol. The lowest BCUT2D eigenvalue weighted by atomic mass is 10.1. The van der Waals surface area contributed by atoms with Crippen LogP contribution in [-0.2, 0) is 0 Å². The molecule has 1 aromatic carbocycles. The van der Waals surface area contributed by atoms with Crippen LogP contribution < -0.4 is 5.32 Å². The molecule has 2 nitrogen and oxygen atoms in total. The molecule has 0 aliphatic heterocycles. The van der Waals surface area contributed by atoms with Crippen LogP contribution in [0.3, 0.4) is 0 Å². The van der Waals surface area contributed by atoms with Crippen LogP contribution in [0.2, 0.25) is 5.02 Å². The molecule has 78 valence electrons. The summed E-state index contributed by atoms with van der Waals surface area (Å²) in [7, 11) is 0. The molecule has 14 heavy (non-hydrogen) atoms. The Bertz CT molecular complexity index is 378. The fourth-order valence-corrected chi connectivity index (χ4v) is 1.06. The van der Waals surface area contributed by atoms with Crippen molar-refractivity contribution < 1.29 is 8.91 Å². The number of rotatable bonds is 3. The molecular weight excluding hydrogens is 221 g/mol.